The third kappa shape index (κ3) is 4.14. The second kappa shape index (κ2) is 9.20. The Bertz CT molecular complexity index is 998. The number of carbonyl (C=O) groups is 1. The number of nitrogens with zero attached hydrogens (tertiary/aromatic N) is 1. The van der Waals surface area contributed by atoms with Crippen molar-refractivity contribution in [3.8, 4) is 11.5 Å². The summed E-state index contributed by atoms with van der Waals surface area (Å²) in [5.41, 5.74) is 2.97. The molecule has 0 aromatic heterocycles. The van der Waals surface area contributed by atoms with Gasteiger partial charge in [-0.05, 0) is 81.6 Å². The van der Waals surface area contributed by atoms with Crippen molar-refractivity contribution in [2.24, 2.45) is 0 Å². The smallest absolute Gasteiger partial charge is 0.319 e. The van der Waals surface area contributed by atoms with E-state index in [9.17, 15) is 4.79 Å². The van der Waals surface area contributed by atoms with E-state index in [0.717, 1.165) is 55.0 Å². The number of ether oxygens (including phenoxy) is 2. The van der Waals surface area contributed by atoms with Crippen molar-refractivity contribution >= 4 is 23.3 Å². The molecule has 32 heavy (non-hydrogen) atoms. The van der Waals surface area contributed by atoms with Crippen LogP contribution < -0.4 is 20.1 Å². The average Bonchev–Trinajstić information content (AvgIpc) is 3.13. The Morgan fingerprint density at radius 1 is 1.16 bits per heavy atom. The number of nitrogens with one attached hydrogen (secondary N) is 2. The molecule has 2 fully saturated rings. The van der Waals surface area contributed by atoms with Crippen LogP contribution in [0.3, 0.4) is 0 Å². The molecule has 2 aliphatic rings. The molecule has 2 aromatic carbocycles. The summed E-state index contributed by atoms with van der Waals surface area (Å²) in [5.74, 6) is 1.52. The molecule has 1 saturated carbocycles. The number of likely N-dealkylation sites (tertiary alicyclic amines) is 1. The number of rotatable bonds is 5. The highest BCUT2D eigenvalue weighted by molar-refractivity contribution is 6.31. The van der Waals surface area contributed by atoms with E-state index < -0.39 is 0 Å². The Morgan fingerprint density at radius 3 is 2.69 bits per heavy atom. The van der Waals surface area contributed by atoms with Crippen molar-refractivity contribution < 1.29 is 14.3 Å². The lowest BCUT2D eigenvalue weighted by atomic mass is 9.65. The molecule has 6 nitrogen and oxygen atoms in total. The van der Waals surface area contributed by atoms with Crippen LogP contribution in [-0.2, 0) is 5.41 Å². The van der Waals surface area contributed by atoms with E-state index in [-0.39, 0.29) is 17.5 Å². The first-order chi connectivity index (χ1) is 15.4. The van der Waals surface area contributed by atoms with Gasteiger partial charge >= 0.3 is 6.03 Å². The minimum absolute atomic E-state index is 0.0620. The largest absolute Gasteiger partial charge is 0.493 e. The van der Waals surface area contributed by atoms with Crippen LogP contribution in [0.2, 0.25) is 5.02 Å². The van der Waals surface area contributed by atoms with Gasteiger partial charge in [-0.15, -0.1) is 0 Å². The van der Waals surface area contributed by atoms with E-state index in [4.69, 9.17) is 21.1 Å². The zero-order chi connectivity index (χ0) is 22.9. The van der Waals surface area contributed by atoms with Crippen LogP contribution in [-0.4, -0.2) is 50.8 Å². The van der Waals surface area contributed by atoms with Crippen LogP contribution in [0.25, 0.3) is 0 Å². The van der Waals surface area contributed by atoms with Gasteiger partial charge in [0.1, 0.15) is 0 Å². The summed E-state index contributed by atoms with van der Waals surface area (Å²) >= 11 is 6.19. The van der Waals surface area contributed by atoms with Crippen LogP contribution in [0.1, 0.15) is 36.8 Å². The summed E-state index contributed by atoms with van der Waals surface area (Å²) in [6, 6.07) is 12.1. The molecule has 3 unspecified atom stereocenters. The Kier molecular flexibility index (Phi) is 6.54. The van der Waals surface area contributed by atoms with Gasteiger partial charge < -0.3 is 25.0 Å². The lowest BCUT2D eigenvalue weighted by Crippen LogP contribution is -2.52. The molecule has 0 bridgehead atoms. The van der Waals surface area contributed by atoms with E-state index in [2.05, 4.69) is 34.7 Å². The summed E-state index contributed by atoms with van der Waals surface area (Å²) in [6.45, 7) is 2.95. The first-order valence-corrected chi connectivity index (χ1v) is 11.5. The number of benzene rings is 2. The number of amides is 2. The molecule has 172 valence electrons. The first-order valence-electron chi connectivity index (χ1n) is 11.1. The summed E-state index contributed by atoms with van der Waals surface area (Å²) in [4.78, 5) is 15.1. The molecule has 1 heterocycles. The van der Waals surface area contributed by atoms with Crippen molar-refractivity contribution in [1.29, 1.82) is 0 Å². The summed E-state index contributed by atoms with van der Waals surface area (Å²) in [7, 11) is 5.53. The molecule has 7 heteroatoms. The number of likely N-dealkylation sites (N-methyl/N-ethyl adjacent to an activating group) is 1. The van der Waals surface area contributed by atoms with Crippen LogP contribution in [0, 0.1) is 6.92 Å². The lowest BCUT2D eigenvalue weighted by molar-refractivity contribution is 0.156. The number of urea groups is 1. The molecular weight excluding hydrogens is 426 g/mol. The van der Waals surface area contributed by atoms with Crippen molar-refractivity contribution in [2.45, 2.75) is 50.1 Å². The molecule has 1 saturated heterocycles. The van der Waals surface area contributed by atoms with Crippen molar-refractivity contribution in [1.82, 2.24) is 10.2 Å². The van der Waals surface area contributed by atoms with Crippen molar-refractivity contribution in [3.63, 3.8) is 0 Å². The predicted molar refractivity (Wildman–Crippen MR) is 128 cm³/mol. The Hall–Kier alpha value is -2.44. The summed E-state index contributed by atoms with van der Waals surface area (Å²) < 4.78 is 11.0. The van der Waals surface area contributed by atoms with Crippen LogP contribution in [0.4, 0.5) is 10.5 Å². The van der Waals surface area contributed by atoms with Gasteiger partial charge in [0.05, 0.1) is 14.2 Å². The number of halogens is 1. The standard InChI is InChI=1S/C25H32ClN3O3/c1-16-19(26)6-5-7-20(16)28-24(30)27-18-10-11-25(12-13-29(2)23(25)15-18)17-8-9-21(31-3)22(14-17)32-4/h5-9,14,18,23H,10-13,15H2,1-4H3,(H2,27,28,30). The molecule has 0 spiro atoms. The van der Waals surface area contributed by atoms with Gasteiger partial charge in [0.15, 0.2) is 11.5 Å². The maximum absolute atomic E-state index is 12.7. The van der Waals surface area contributed by atoms with Gasteiger partial charge in [-0.3, -0.25) is 0 Å². The molecular formula is C25H32ClN3O3. The highest BCUT2D eigenvalue weighted by Crippen LogP contribution is 2.49. The molecule has 2 aromatic rings. The molecule has 4 rings (SSSR count). The van der Waals surface area contributed by atoms with E-state index >= 15 is 0 Å². The number of anilines is 1. The van der Waals surface area contributed by atoms with Gasteiger partial charge in [0.2, 0.25) is 0 Å². The fourth-order valence-electron chi connectivity index (χ4n) is 5.48. The van der Waals surface area contributed by atoms with E-state index in [1.54, 1.807) is 14.2 Å². The summed E-state index contributed by atoms with van der Waals surface area (Å²) in [6.07, 6.45) is 3.95. The van der Waals surface area contributed by atoms with Crippen molar-refractivity contribution in [3.05, 3.63) is 52.5 Å². The maximum atomic E-state index is 12.7. The SMILES string of the molecule is COc1ccc(C23CCC(NC(=O)Nc4cccc(Cl)c4C)CC2N(C)CC3)cc1OC. The Labute approximate surface area is 195 Å². The number of hydrogen-bond donors (Lipinski definition) is 2. The maximum Gasteiger partial charge on any atom is 0.319 e. The Balaban J connectivity index is 1.49. The average molecular weight is 458 g/mol. The minimum atomic E-state index is -0.181. The number of carbonyl (C=O) groups excluding carboxylic acids is 1. The van der Waals surface area contributed by atoms with Crippen LogP contribution in [0.15, 0.2) is 36.4 Å². The van der Waals surface area contributed by atoms with Crippen LogP contribution in [0.5, 0.6) is 11.5 Å². The van der Waals surface area contributed by atoms with Crippen LogP contribution >= 0.6 is 11.6 Å². The number of hydrogen-bond acceptors (Lipinski definition) is 4. The van der Waals surface area contributed by atoms with Gasteiger partial charge in [-0.2, -0.15) is 0 Å². The number of fused-ring (bicyclic) bond motifs is 1. The van der Waals surface area contributed by atoms with Gasteiger partial charge in [-0.1, -0.05) is 23.7 Å². The first kappa shape index (κ1) is 22.7. The molecule has 2 N–H and O–H groups in total. The van der Waals surface area contributed by atoms with Gasteiger partial charge in [-0.25, -0.2) is 4.79 Å². The molecule has 2 amide bonds. The fourth-order valence-corrected chi connectivity index (χ4v) is 5.66. The highest BCUT2D eigenvalue weighted by atomic mass is 35.5. The quantitative estimate of drug-likeness (QED) is 0.664. The van der Waals surface area contributed by atoms with Crippen molar-refractivity contribution in [2.75, 3.05) is 33.1 Å². The predicted octanol–water partition coefficient (Wildman–Crippen LogP) is 4.98. The zero-order valence-electron chi connectivity index (χ0n) is 19.2. The van der Waals surface area contributed by atoms with Gasteiger partial charge in [0.25, 0.3) is 0 Å². The topological polar surface area (TPSA) is 62.8 Å². The zero-order valence-corrected chi connectivity index (χ0v) is 20.0. The normalized spacial score (nSPS) is 25.2. The van der Waals surface area contributed by atoms with E-state index in [1.165, 1.54) is 5.56 Å². The van der Waals surface area contributed by atoms with E-state index in [1.807, 2.05) is 31.2 Å². The fraction of sp³-hybridized carbons (Fsp3) is 0.480. The third-order valence-electron chi connectivity index (χ3n) is 7.34. The third-order valence-corrected chi connectivity index (χ3v) is 7.75. The second-order valence-electron chi connectivity index (χ2n) is 8.95. The molecule has 0 radical (unpaired) electrons. The number of methoxy groups -OCH3 is 2. The van der Waals surface area contributed by atoms with E-state index in [0.29, 0.717) is 11.1 Å². The Morgan fingerprint density at radius 2 is 1.94 bits per heavy atom. The van der Waals surface area contributed by atoms with Gasteiger partial charge in [0, 0.05) is 28.2 Å². The lowest BCUT2D eigenvalue weighted by Gasteiger charge is -2.45. The second-order valence-corrected chi connectivity index (χ2v) is 9.36. The molecule has 3 atom stereocenters. The summed E-state index contributed by atoms with van der Waals surface area (Å²) in [5, 5.41) is 6.80. The highest BCUT2D eigenvalue weighted by Gasteiger charge is 2.50. The minimum Gasteiger partial charge on any atom is -0.493 e. The molecule has 1 aliphatic carbocycles. The molecule has 1 aliphatic heterocycles. The monoisotopic (exact) mass is 457 g/mol.